The van der Waals surface area contributed by atoms with Gasteiger partial charge in [0.25, 0.3) is 5.91 Å². The molecule has 0 saturated carbocycles. The monoisotopic (exact) mass is 312 g/mol. The summed E-state index contributed by atoms with van der Waals surface area (Å²) < 4.78 is 13.8. The van der Waals surface area contributed by atoms with Gasteiger partial charge >= 0.3 is 0 Å². The second kappa shape index (κ2) is 6.20. The van der Waals surface area contributed by atoms with Gasteiger partial charge in [-0.15, -0.1) is 0 Å². The van der Waals surface area contributed by atoms with Gasteiger partial charge in [-0.1, -0.05) is 18.2 Å². The third kappa shape index (κ3) is 3.23. The van der Waals surface area contributed by atoms with E-state index in [9.17, 15) is 14.0 Å². The Kier molecular flexibility index (Phi) is 4.10. The van der Waals surface area contributed by atoms with Gasteiger partial charge in [-0.2, -0.15) is 0 Å². The molecule has 1 aliphatic rings. The van der Waals surface area contributed by atoms with Gasteiger partial charge in [0.2, 0.25) is 5.91 Å². The fraction of sp³-hybridized carbons (Fsp3) is 0.222. The van der Waals surface area contributed by atoms with Crippen molar-refractivity contribution in [3.63, 3.8) is 0 Å². The van der Waals surface area contributed by atoms with Crippen LogP contribution in [-0.4, -0.2) is 11.8 Å². The second-order valence-corrected chi connectivity index (χ2v) is 5.64. The first kappa shape index (κ1) is 15.2. The number of hydrogen-bond donors (Lipinski definition) is 2. The summed E-state index contributed by atoms with van der Waals surface area (Å²) in [5.74, 6) is -0.614. The van der Waals surface area contributed by atoms with Crippen LogP contribution in [0.1, 0.15) is 40.9 Å². The average Bonchev–Trinajstić information content (AvgIpc) is 2.54. The number of rotatable bonds is 3. The Bertz CT molecular complexity index is 773. The minimum Gasteiger partial charge on any atom is -0.345 e. The Hall–Kier alpha value is -2.69. The SMILES string of the molecule is C[C@@H](NC(=O)c1ccc2c(c1)CCC(=O)N2)c1ccccc1F. The van der Waals surface area contributed by atoms with Crippen LogP contribution in [0.3, 0.4) is 0 Å². The van der Waals surface area contributed by atoms with E-state index in [2.05, 4.69) is 10.6 Å². The Labute approximate surface area is 133 Å². The molecule has 1 heterocycles. The van der Waals surface area contributed by atoms with Crippen LogP contribution in [-0.2, 0) is 11.2 Å². The molecule has 1 aliphatic heterocycles. The van der Waals surface area contributed by atoms with Crippen LogP contribution in [0.25, 0.3) is 0 Å². The maximum atomic E-state index is 13.8. The van der Waals surface area contributed by atoms with Crippen molar-refractivity contribution in [3.8, 4) is 0 Å². The van der Waals surface area contributed by atoms with E-state index < -0.39 is 6.04 Å². The number of halogens is 1. The number of nitrogens with one attached hydrogen (secondary N) is 2. The predicted octanol–water partition coefficient (Wildman–Crippen LogP) is 3.20. The van der Waals surface area contributed by atoms with Crippen LogP contribution in [0.4, 0.5) is 10.1 Å². The van der Waals surface area contributed by atoms with Gasteiger partial charge in [0.15, 0.2) is 0 Å². The highest BCUT2D eigenvalue weighted by Gasteiger charge is 2.18. The van der Waals surface area contributed by atoms with E-state index in [-0.39, 0.29) is 17.6 Å². The van der Waals surface area contributed by atoms with E-state index >= 15 is 0 Å². The summed E-state index contributed by atoms with van der Waals surface area (Å²) in [6.07, 6.45) is 1.04. The van der Waals surface area contributed by atoms with Gasteiger partial charge in [-0.05, 0) is 43.2 Å². The van der Waals surface area contributed by atoms with Gasteiger partial charge in [-0.3, -0.25) is 9.59 Å². The Morgan fingerprint density at radius 2 is 2.00 bits per heavy atom. The molecule has 118 valence electrons. The summed E-state index contributed by atoms with van der Waals surface area (Å²) in [5, 5.41) is 5.58. The number of hydrogen-bond acceptors (Lipinski definition) is 2. The van der Waals surface area contributed by atoms with Crippen molar-refractivity contribution in [1.29, 1.82) is 0 Å². The lowest BCUT2D eigenvalue weighted by Crippen LogP contribution is -2.27. The first-order valence-corrected chi connectivity index (χ1v) is 7.52. The van der Waals surface area contributed by atoms with Crippen molar-refractivity contribution in [2.75, 3.05) is 5.32 Å². The van der Waals surface area contributed by atoms with Crippen LogP contribution >= 0.6 is 0 Å². The highest BCUT2D eigenvalue weighted by atomic mass is 19.1. The molecule has 4 nitrogen and oxygen atoms in total. The fourth-order valence-corrected chi connectivity index (χ4v) is 2.71. The van der Waals surface area contributed by atoms with Crippen LogP contribution in [0.15, 0.2) is 42.5 Å². The number of amides is 2. The minimum atomic E-state index is -0.431. The lowest BCUT2D eigenvalue weighted by Gasteiger charge is -2.19. The molecule has 1 atom stereocenters. The molecule has 2 N–H and O–H groups in total. The van der Waals surface area contributed by atoms with E-state index in [1.54, 1.807) is 43.3 Å². The first-order chi connectivity index (χ1) is 11.0. The molecule has 0 aliphatic carbocycles. The number of benzene rings is 2. The lowest BCUT2D eigenvalue weighted by molar-refractivity contribution is -0.116. The number of carbonyl (C=O) groups is 2. The average molecular weight is 312 g/mol. The van der Waals surface area contributed by atoms with Crippen molar-refractivity contribution in [2.45, 2.75) is 25.8 Å². The van der Waals surface area contributed by atoms with Crippen molar-refractivity contribution in [1.82, 2.24) is 5.32 Å². The quantitative estimate of drug-likeness (QED) is 0.914. The molecule has 0 saturated heterocycles. The van der Waals surface area contributed by atoms with Crippen LogP contribution in [0.5, 0.6) is 0 Å². The van der Waals surface area contributed by atoms with E-state index in [4.69, 9.17) is 0 Å². The normalized spacial score (nSPS) is 14.6. The van der Waals surface area contributed by atoms with Gasteiger partial charge in [0.1, 0.15) is 5.82 Å². The summed E-state index contributed by atoms with van der Waals surface area (Å²) in [7, 11) is 0. The van der Waals surface area contributed by atoms with Crippen molar-refractivity contribution in [3.05, 3.63) is 65.0 Å². The summed E-state index contributed by atoms with van der Waals surface area (Å²) in [4.78, 5) is 23.7. The zero-order valence-electron chi connectivity index (χ0n) is 12.7. The number of anilines is 1. The molecule has 0 radical (unpaired) electrons. The third-order valence-corrected chi connectivity index (χ3v) is 3.98. The molecule has 0 bridgehead atoms. The maximum Gasteiger partial charge on any atom is 0.251 e. The van der Waals surface area contributed by atoms with Crippen molar-refractivity contribution >= 4 is 17.5 Å². The summed E-state index contributed by atoms with van der Waals surface area (Å²) in [6, 6.07) is 11.1. The summed E-state index contributed by atoms with van der Waals surface area (Å²) in [5.41, 5.74) is 2.64. The van der Waals surface area contributed by atoms with E-state index in [1.807, 2.05) is 0 Å². The third-order valence-electron chi connectivity index (χ3n) is 3.98. The van der Waals surface area contributed by atoms with E-state index in [1.165, 1.54) is 6.07 Å². The summed E-state index contributed by atoms with van der Waals surface area (Å²) in [6.45, 7) is 1.74. The second-order valence-electron chi connectivity index (χ2n) is 5.64. The van der Waals surface area contributed by atoms with Gasteiger partial charge in [0.05, 0.1) is 6.04 Å². The number of fused-ring (bicyclic) bond motifs is 1. The van der Waals surface area contributed by atoms with Crippen molar-refractivity contribution in [2.24, 2.45) is 0 Å². The highest BCUT2D eigenvalue weighted by Crippen LogP contribution is 2.24. The predicted molar refractivity (Wildman–Crippen MR) is 85.7 cm³/mol. The fourth-order valence-electron chi connectivity index (χ4n) is 2.71. The highest BCUT2D eigenvalue weighted by molar-refractivity contribution is 5.98. The molecule has 2 aromatic rings. The standard InChI is InChI=1S/C18H17FN2O2/c1-11(14-4-2-3-5-15(14)19)20-18(23)13-6-8-16-12(10-13)7-9-17(22)21-16/h2-6,8,10-11H,7,9H2,1H3,(H,20,23)(H,21,22)/t11-/m1/s1. The van der Waals surface area contributed by atoms with Gasteiger partial charge in [0, 0.05) is 23.2 Å². The van der Waals surface area contributed by atoms with E-state index in [0.717, 1.165) is 11.3 Å². The van der Waals surface area contributed by atoms with E-state index in [0.29, 0.717) is 24.0 Å². The van der Waals surface area contributed by atoms with Crippen LogP contribution in [0.2, 0.25) is 0 Å². The largest absolute Gasteiger partial charge is 0.345 e. The van der Waals surface area contributed by atoms with Crippen LogP contribution in [0, 0.1) is 5.82 Å². The Morgan fingerprint density at radius 3 is 2.78 bits per heavy atom. The molecule has 23 heavy (non-hydrogen) atoms. The molecular formula is C18H17FN2O2. The summed E-state index contributed by atoms with van der Waals surface area (Å²) >= 11 is 0. The molecular weight excluding hydrogens is 295 g/mol. The zero-order valence-corrected chi connectivity index (χ0v) is 12.7. The molecule has 0 spiro atoms. The first-order valence-electron chi connectivity index (χ1n) is 7.52. The number of aryl methyl sites for hydroxylation is 1. The van der Waals surface area contributed by atoms with Gasteiger partial charge < -0.3 is 10.6 Å². The molecule has 0 aromatic heterocycles. The Morgan fingerprint density at radius 1 is 1.22 bits per heavy atom. The zero-order chi connectivity index (χ0) is 16.4. The topological polar surface area (TPSA) is 58.2 Å². The van der Waals surface area contributed by atoms with Gasteiger partial charge in [-0.25, -0.2) is 4.39 Å². The molecule has 0 fully saturated rings. The van der Waals surface area contributed by atoms with Crippen molar-refractivity contribution < 1.29 is 14.0 Å². The molecule has 0 unspecified atom stereocenters. The molecule has 2 aromatic carbocycles. The minimum absolute atomic E-state index is 0.0112. The molecule has 2 amide bonds. The number of carbonyl (C=O) groups excluding carboxylic acids is 2. The Balaban J connectivity index is 1.76. The molecule has 3 rings (SSSR count). The smallest absolute Gasteiger partial charge is 0.251 e. The van der Waals surface area contributed by atoms with Crippen LogP contribution < -0.4 is 10.6 Å². The lowest BCUT2D eigenvalue weighted by atomic mass is 10.00. The maximum absolute atomic E-state index is 13.8. The molecule has 5 heteroatoms.